The maximum Gasteiger partial charge on any atom is 0.230 e. The normalized spacial score (nSPS) is 11.8. The van der Waals surface area contributed by atoms with E-state index in [4.69, 9.17) is 0 Å². The van der Waals surface area contributed by atoms with Crippen molar-refractivity contribution in [2.24, 2.45) is 0 Å². The quantitative estimate of drug-likeness (QED) is 0.489. The van der Waals surface area contributed by atoms with Gasteiger partial charge in [-0.15, -0.1) is 0 Å². The summed E-state index contributed by atoms with van der Waals surface area (Å²) in [6.07, 6.45) is 3.93. The van der Waals surface area contributed by atoms with Crippen molar-refractivity contribution >= 4 is 11.6 Å². The van der Waals surface area contributed by atoms with Crippen LogP contribution in [0.3, 0.4) is 0 Å². The molecule has 0 saturated carbocycles. The molecule has 29 heavy (non-hydrogen) atoms. The average molecular weight is 390 g/mol. The summed E-state index contributed by atoms with van der Waals surface area (Å²) in [4.78, 5) is 20.5. The van der Waals surface area contributed by atoms with Gasteiger partial charge in [0.2, 0.25) is 5.91 Å². The molecule has 2 aromatic heterocycles. The van der Waals surface area contributed by atoms with Crippen LogP contribution in [0.2, 0.25) is 0 Å². The molecule has 1 atom stereocenters. The lowest BCUT2D eigenvalue weighted by molar-refractivity contribution is -0.115. The van der Waals surface area contributed by atoms with E-state index < -0.39 is 6.10 Å². The third-order valence-corrected chi connectivity index (χ3v) is 4.64. The standard InChI is InChI=1S/C23H26N4O2/c1-17-21(6-4-13-25-17)22(28)16-24-14-11-18-7-9-19(10-8-18)27-23(29)15-20-5-2-3-12-26-20/h2-10,12-13,22,24,28H,11,14-16H2,1H3,(H,27,29). The van der Waals surface area contributed by atoms with Gasteiger partial charge < -0.3 is 15.7 Å². The van der Waals surface area contributed by atoms with E-state index in [-0.39, 0.29) is 12.3 Å². The van der Waals surface area contributed by atoms with Crippen molar-refractivity contribution in [1.82, 2.24) is 15.3 Å². The first-order chi connectivity index (χ1) is 14.1. The second kappa shape index (κ2) is 10.5. The van der Waals surface area contributed by atoms with Crippen LogP contribution in [-0.4, -0.2) is 34.1 Å². The van der Waals surface area contributed by atoms with E-state index in [1.54, 1.807) is 12.4 Å². The van der Waals surface area contributed by atoms with Crippen molar-refractivity contribution in [1.29, 1.82) is 0 Å². The topological polar surface area (TPSA) is 87.1 Å². The Morgan fingerprint density at radius 3 is 2.55 bits per heavy atom. The number of aromatic nitrogens is 2. The first-order valence-electron chi connectivity index (χ1n) is 9.71. The molecule has 150 valence electrons. The highest BCUT2D eigenvalue weighted by Gasteiger charge is 2.10. The van der Waals surface area contributed by atoms with Gasteiger partial charge in [-0.1, -0.05) is 24.3 Å². The number of anilines is 1. The van der Waals surface area contributed by atoms with Crippen LogP contribution in [0.4, 0.5) is 5.69 Å². The highest BCUT2D eigenvalue weighted by molar-refractivity contribution is 5.91. The Kier molecular flexibility index (Phi) is 7.44. The second-order valence-corrected chi connectivity index (χ2v) is 6.89. The Labute approximate surface area is 171 Å². The summed E-state index contributed by atoms with van der Waals surface area (Å²) in [6.45, 7) is 3.13. The van der Waals surface area contributed by atoms with Crippen molar-refractivity contribution in [3.63, 3.8) is 0 Å². The zero-order chi connectivity index (χ0) is 20.5. The van der Waals surface area contributed by atoms with Gasteiger partial charge in [-0.3, -0.25) is 14.8 Å². The molecule has 0 spiro atoms. The predicted molar refractivity (Wildman–Crippen MR) is 114 cm³/mol. The lowest BCUT2D eigenvalue weighted by atomic mass is 10.1. The molecule has 1 amide bonds. The van der Waals surface area contributed by atoms with Gasteiger partial charge in [0, 0.05) is 41.6 Å². The number of hydrogen-bond donors (Lipinski definition) is 3. The number of rotatable bonds is 9. The number of amides is 1. The van der Waals surface area contributed by atoms with Crippen LogP contribution in [0, 0.1) is 6.92 Å². The van der Waals surface area contributed by atoms with E-state index in [0.29, 0.717) is 6.54 Å². The van der Waals surface area contributed by atoms with Crippen LogP contribution in [0.25, 0.3) is 0 Å². The number of aryl methyl sites for hydroxylation is 1. The van der Waals surface area contributed by atoms with Crippen LogP contribution in [0.5, 0.6) is 0 Å². The minimum Gasteiger partial charge on any atom is -0.387 e. The summed E-state index contributed by atoms with van der Waals surface area (Å²) in [5.74, 6) is -0.0854. The number of carbonyl (C=O) groups is 1. The molecule has 0 aliphatic heterocycles. The summed E-state index contributed by atoms with van der Waals surface area (Å²) in [5.41, 5.74) is 4.38. The lowest BCUT2D eigenvalue weighted by Crippen LogP contribution is -2.24. The fourth-order valence-electron chi connectivity index (χ4n) is 3.06. The molecule has 3 aromatic rings. The smallest absolute Gasteiger partial charge is 0.230 e. The van der Waals surface area contributed by atoms with Gasteiger partial charge in [-0.05, 0) is 55.8 Å². The number of benzene rings is 1. The van der Waals surface area contributed by atoms with E-state index in [1.165, 1.54) is 0 Å². The summed E-state index contributed by atoms with van der Waals surface area (Å²) in [7, 11) is 0. The number of nitrogens with one attached hydrogen (secondary N) is 2. The Balaban J connectivity index is 1.40. The molecule has 0 bridgehead atoms. The summed E-state index contributed by atoms with van der Waals surface area (Å²) < 4.78 is 0. The molecule has 0 radical (unpaired) electrons. The number of pyridine rings is 2. The van der Waals surface area contributed by atoms with Crippen molar-refractivity contribution < 1.29 is 9.90 Å². The monoisotopic (exact) mass is 390 g/mol. The van der Waals surface area contributed by atoms with Crippen LogP contribution in [0.1, 0.15) is 28.6 Å². The Bertz CT molecular complexity index is 914. The van der Waals surface area contributed by atoms with E-state index in [9.17, 15) is 9.90 Å². The molecule has 2 heterocycles. The van der Waals surface area contributed by atoms with Gasteiger partial charge in [0.15, 0.2) is 0 Å². The zero-order valence-electron chi connectivity index (χ0n) is 16.5. The highest BCUT2D eigenvalue weighted by atomic mass is 16.3. The molecule has 0 aliphatic carbocycles. The molecule has 3 N–H and O–H groups in total. The fourth-order valence-corrected chi connectivity index (χ4v) is 3.06. The van der Waals surface area contributed by atoms with Gasteiger partial charge >= 0.3 is 0 Å². The highest BCUT2D eigenvalue weighted by Crippen LogP contribution is 2.14. The van der Waals surface area contributed by atoms with Gasteiger partial charge in [-0.25, -0.2) is 0 Å². The third-order valence-electron chi connectivity index (χ3n) is 4.64. The van der Waals surface area contributed by atoms with Crippen molar-refractivity contribution in [3.8, 4) is 0 Å². The SMILES string of the molecule is Cc1ncccc1C(O)CNCCc1ccc(NC(=O)Cc2ccccn2)cc1. The maximum absolute atomic E-state index is 12.1. The molecule has 0 saturated heterocycles. The second-order valence-electron chi connectivity index (χ2n) is 6.89. The van der Waals surface area contributed by atoms with Gasteiger partial charge in [0.25, 0.3) is 0 Å². The van der Waals surface area contributed by atoms with E-state index in [0.717, 1.165) is 41.2 Å². The Morgan fingerprint density at radius 1 is 1.03 bits per heavy atom. The Hall–Kier alpha value is -3.09. The van der Waals surface area contributed by atoms with E-state index in [1.807, 2.05) is 61.5 Å². The van der Waals surface area contributed by atoms with Crippen molar-refractivity contribution in [3.05, 3.63) is 89.5 Å². The van der Waals surface area contributed by atoms with Gasteiger partial charge in [-0.2, -0.15) is 0 Å². The lowest BCUT2D eigenvalue weighted by Gasteiger charge is -2.14. The number of nitrogens with zero attached hydrogens (tertiary/aromatic N) is 2. The molecule has 0 fully saturated rings. The number of aliphatic hydroxyl groups excluding tert-OH is 1. The van der Waals surface area contributed by atoms with Crippen molar-refractivity contribution in [2.75, 3.05) is 18.4 Å². The van der Waals surface area contributed by atoms with Gasteiger partial charge in [0.1, 0.15) is 0 Å². The minimum atomic E-state index is -0.569. The van der Waals surface area contributed by atoms with Crippen LogP contribution in [-0.2, 0) is 17.6 Å². The fraction of sp³-hybridized carbons (Fsp3) is 0.261. The largest absolute Gasteiger partial charge is 0.387 e. The van der Waals surface area contributed by atoms with Crippen LogP contribution >= 0.6 is 0 Å². The third kappa shape index (κ3) is 6.48. The van der Waals surface area contributed by atoms with Crippen LogP contribution in [0.15, 0.2) is 67.0 Å². The predicted octanol–water partition coefficient (Wildman–Crippen LogP) is 2.83. The molecular formula is C23H26N4O2. The summed E-state index contributed by atoms with van der Waals surface area (Å²) in [6, 6.07) is 17.1. The van der Waals surface area contributed by atoms with Crippen molar-refractivity contribution in [2.45, 2.75) is 25.9 Å². The minimum absolute atomic E-state index is 0.0854. The van der Waals surface area contributed by atoms with Crippen LogP contribution < -0.4 is 10.6 Å². The molecular weight excluding hydrogens is 364 g/mol. The van der Waals surface area contributed by atoms with E-state index in [2.05, 4.69) is 20.6 Å². The zero-order valence-corrected chi connectivity index (χ0v) is 16.5. The summed E-state index contributed by atoms with van der Waals surface area (Å²) in [5, 5.41) is 16.4. The number of hydrogen-bond acceptors (Lipinski definition) is 5. The number of aliphatic hydroxyl groups is 1. The molecule has 1 unspecified atom stereocenters. The number of carbonyl (C=O) groups excluding carboxylic acids is 1. The molecule has 6 nitrogen and oxygen atoms in total. The average Bonchev–Trinajstić information content (AvgIpc) is 2.73. The summed E-state index contributed by atoms with van der Waals surface area (Å²) >= 11 is 0. The molecule has 0 aliphatic rings. The first kappa shape index (κ1) is 20.6. The Morgan fingerprint density at radius 2 is 1.83 bits per heavy atom. The molecule has 6 heteroatoms. The maximum atomic E-state index is 12.1. The molecule has 1 aromatic carbocycles. The molecule has 3 rings (SSSR count). The first-order valence-corrected chi connectivity index (χ1v) is 9.71. The van der Waals surface area contributed by atoms with E-state index >= 15 is 0 Å². The van der Waals surface area contributed by atoms with Gasteiger partial charge in [0.05, 0.1) is 12.5 Å².